The monoisotopic (exact) mass is 435 g/mol. The highest BCUT2D eigenvalue weighted by Crippen LogP contribution is 2.27. The van der Waals surface area contributed by atoms with E-state index in [0.29, 0.717) is 17.3 Å². The minimum absolute atomic E-state index is 0.204. The molecule has 0 aliphatic heterocycles. The molecule has 30 heavy (non-hydrogen) atoms. The molecule has 2 heterocycles. The van der Waals surface area contributed by atoms with E-state index in [9.17, 15) is 4.79 Å². The van der Waals surface area contributed by atoms with Crippen LogP contribution in [0.25, 0.3) is 5.69 Å². The van der Waals surface area contributed by atoms with Crippen molar-refractivity contribution < 1.29 is 4.79 Å². The van der Waals surface area contributed by atoms with E-state index in [0.717, 1.165) is 21.4 Å². The molecular weight excluding hydrogens is 414 g/mol. The van der Waals surface area contributed by atoms with E-state index in [-0.39, 0.29) is 5.91 Å². The lowest BCUT2D eigenvalue weighted by molar-refractivity contribution is 0.0950. The van der Waals surface area contributed by atoms with Crippen LogP contribution in [0.15, 0.2) is 66.1 Å². The van der Waals surface area contributed by atoms with E-state index in [1.807, 2.05) is 36.5 Å². The van der Waals surface area contributed by atoms with Gasteiger partial charge < -0.3 is 5.32 Å². The van der Waals surface area contributed by atoms with Gasteiger partial charge in [0, 0.05) is 18.9 Å². The largest absolute Gasteiger partial charge is 0.346 e. The van der Waals surface area contributed by atoms with E-state index in [1.165, 1.54) is 22.5 Å². The molecule has 4 rings (SSSR count). The number of aromatic nitrogens is 4. The zero-order valence-corrected chi connectivity index (χ0v) is 18.3. The van der Waals surface area contributed by atoms with Gasteiger partial charge in [-0.3, -0.25) is 9.36 Å². The highest BCUT2D eigenvalue weighted by atomic mass is 32.2. The summed E-state index contributed by atoms with van der Waals surface area (Å²) in [4.78, 5) is 16.8. The van der Waals surface area contributed by atoms with E-state index >= 15 is 0 Å². The van der Waals surface area contributed by atoms with E-state index in [2.05, 4.69) is 57.1 Å². The third kappa shape index (κ3) is 4.77. The number of hydrogen-bond donors (Lipinski definition) is 1. The van der Waals surface area contributed by atoms with Crippen LogP contribution in [-0.2, 0) is 12.3 Å². The molecule has 152 valence electrons. The third-order valence-electron chi connectivity index (χ3n) is 4.51. The predicted molar refractivity (Wildman–Crippen MR) is 120 cm³/mol. The Morgan fingerprint density at radius 1 is 1.13 bits per heavy atom. The van der Waals surface area contributed by atoms with Crippen molar-refractivity contribution >= 4 is 29.0 Å². The maximum absolute atomic E-state index is 12.3. The lowest BCUT2D eigenvalue weighted by Crippen LogP contribution is -2.22. The first kappa shape index (κ1) is 20.3. The molecule has 2 aromatic carbocycles. The highest BCUT2D eigenvalue weighted by molar-refractivity contribution is 7.98. The van der Waals surface area contributed by atoms with Gasteiger partial charge in [0.2, 0.25) is 5.01 Å². The molecule has 0 saturated carbocycles. The van der Waals surface area contributed by atoms with Crippen LogP contribution < -0.4 is 5.32 Å². The van der Waals surface area contributed by atoms with Crippen LogP contribution in [0.4, 0.5) is 0 Å². The number of nitrogens with one attached hydrogen (secondary N) is 1. The minimum Gasteiger partial charge on any atom is -0.346 e. The van der Waals surface area contributed by atoms with Crippen molar-refractivity contribution in [2.24, 2.45) is 0 Å². The number of carbonyl (C=O) groups excluding carboxylic acids is 1. The molecule has 0 spiro atoms. The van der Waals surface area contributed by atoms with Crippen LogP contribution in [-0.4, -0.2) is 25.7 Å². The Morgan fingerprint density at radius 3 is 2.80 bits per heavy atom. The molecule has 0 atom stereocenters. The molecule has 0 unspecified atom stereocenters. The van der Waals surface area contributed by atoms with Gasteiger partial charge in [-0.25, -0.2) is 4.98 Å². The van der Waals surface area contributed by atoms with E-state index < -0.39 is 0 Å². The summed E-state index contributed by atoms with van der Waals surface area (Å²) in [6.45, 7) is 4.64. The van der Waals surface area contributed by atoms with Crippen molar-refractivity contribution in [1.29, 1.82) is 0 Å². The number of amides is 1. The maximum Gasteiger partial charge on any atom is 0.282 e. The van der Waals surface area contributed by atoms with Crippen LogP contribution >= 0.6 is 23.1 Å². The Labute approximate surface area is 183 Å². The molecule has 1 N–H and O–H groups in total. The summed E-state index contributed by atoms with van der Waals surface area (Å²) in [5.74, 6) is 0.399. The summed E-state index contributed by atoms with van der Waals surface area (Å²) in [6, 6.07) is 16.2. The van der Waals surface area contributed by atoms with Crippen molar-refractivity contribution in [2.45, 2.75) is 31.3 Å². The van der Waals surface area contributed by atoms with Crippen LogP contribution in [0.3, 0.4) is 0 Å². The van der Waals surface area contributed by atoms with Crippen molar-refractivity contribution in [2.75, 3.05) is 0 Å². The standard InChI is InChI=1S/C22H21N5OS2/c1-15-8-9-16(2)18(12-15)27-11-10-23-22(27)29-14-19-25-26-21(30-19)20(28)24-13-17-6-4-3-5-7-17/h3-12H,13-14H2,1-2H3,(H,24,28). The fourth-order valence-corrected chi connectivity index (χ4v) is 4.65. The lowest BCUT2D eigenvalue weighted by Gasteiger charge is -2.11. The van der Waals surface area contributed by atoms with Gasteiger partial charge in [-0.2, -0.15) is 0 Å². The van der Waals surface area contributed by atoms with Gasteiger partial charge in [-0.05, 0) is 36.6 Å². The maximum atomic E-state index is 12.3. The number of thioether (sulfide) groups is 1. The molecule has 0 fully saturated rings. The lowest BCUT2D eigenvalue weighted by atomic mass is 10.1. The van der Waals surface area contributed by atoms with Gasteiger partial charge in [0.1, 0.15) is 5.01 Å². The number of benzene rings is 2. The fraction of sp³-hybridized carbons (Fsp3) is 0.182. The number of rotatable bonds is 7. The Hall–Kier alpha value is -2.97. The summed E-state index contributed by atoms with van der Waals surface area (Å²) in [5.41, 5.74) is 4.56. The summed E-state index contributed by atoms with van der Waals surface area (Å²) < 4.78 is 2.08. The Morgan fingerprint density at radius 2 is 1.97 bits per heavy atom. The summed E-state index contributed by atoms with van der Waals surface area (Å²) in [5, 5.41) is 13.2. The molecule has 6 nitrogen and oxygen atoms in total. The summed E-state index contributed by atoms with van der Waals surface area (Å²) in [6.07, 6.45) is 3.76. The molecular formula is C22H21N5OS2. The fourth-order valence-electron chi connectivity index (χ4n) is 2.94. The zero-order valence-electron chi connectivity index (χ0n) is 16.7. The van der Waals surface area contributed by atoms with Gasteiger partial charge in [-0.1, -0.05) is 65.6 Å². The third-order valence-corrected chi connectivity index (χ3v) is 6.60. The quantitative estimate of drug-likeness (QED) is 0.431. The first-order valence-corrected chi connectivity index (χ1v) is 11.3. The van der Waals surface area contributed by atoms with Gasteiger partial charge in [-0.15, -0.1) is 10.2 Å². The first-order chi connectivity index (χ1) is 14.6. The predicted octanol–water partition coefficient (Wildman–Crippen LogP) is 4.56. The van der Waals surface area contributed by atoms with Gasteiger partial charge in [0.05, 0.1) is 11.4 Å². The Bertz CT molecular complexity index is 1150. The number of hydrogen-bond acceptors (Lipinski definition) is 6. The average molecular weight is 436 g/mol. The molecule has 0 saturated heterocycles. The molecule has 0 bridgehead atoms. The number of imidazole rings is 1. The second-order valence-corrected chi connectivity index (χ2v) is 8.83. The zero-order chi connectivity index (χ0) is 20.9. The van der Waals surface area contributed by atoms with Crippen molar-refractivity contribution in [1.82, 2.24) is 25.1 Å². The molecule has 1 amide bonds. The molecule has 2 aromatic heterocycles. The second-order valence-electron chi connectivity index (χ2n) is 6.83. The summed E-state index contributed by atoms with van der Waals surface area (Å²) in [7, 11) is 0. The van der Waals surface area contributed by atoms with Crippen LogP contribution in [0.5, 0.6) is 0 Å². The van der Waals surface area contributed by atoms with E-state index in [1.54, 1.807) is 18.0 Å². The Balaban J connectivity index is 1.39. The second kappa shape index (κ2) is 9.23. The van der Waals surface area contributed by atoms with Gasteiger partial charge in [0.25, 0.3) is 5.91 Å². The van der Waals surface area contributed by atoms with Gasteiger partial charge in [0.15, 0.2) is 5.16 Å². The Kier molecular flexibility index (Phi) is 6.25. The number of aryl methyl sites for hydroxylation is 2. The molecule has 0 aliphatic rings. The molecule has 0 aliphatic carbocycles. The van der Waals surface area contributed by atoms with E-state index in [4.69, 9.17) is 0 Å². The van der Waals surface area contributed by atoms with Crippen LogP contribution in [0, 0.1) is 13.8 Å². The normalized spacial score (nSPS) is 10.9. The number of nitrogens with zero attached hydrogens (tertiary/aromatic N) is 4. The van der Waals surface area contributed by atoms with Crippen LogP contribution in [0.2, 0.25) is 0 Å². The van der Waals surface area contributed by atoms with Crippen molar-refractivity contribution in [3.63, 3.8) is 0 Å². The van der Waals surface area contributed by atoms with Crippen molar-refractivity contribution in [3.8, 4) is 5.69 Å². The molecule has 8 heteroatoms. The highest BCUT2D eigenvalue weighted by Gasteiger charge is 2.14. The van der Waals surface area contributed by atoms with Gasteiger partial charge >= 0.3 is 0 Å². The first-order valence-electron chi connectivity index (χ1n) is 9.48. The molecule has 4 aromatic rings. The average Bonchev–Trinajstić information content (AvgIpc) is 3.42. The SMILES string of the molecule is Cc1ccc(C)c(-n2ccnc2SCc2nnc(C(=O)NCc3ccccc3)s2)c1. The minimum atomic E-state index is -0.204. The summed E-state index contributed by atoms with van der Waals surface area (Å²) >= 11 is 2.89. The topological polar surface area (TPSA) is 72.7 Å². The number of carbonyl (C=O) groups is 1. The molecule has 0 radical (unpaired) electrons. The van der Waals surface area contributed by atoms with Crippen molar-refractivity contribution in [3.05, 3.63) is 87.6 Å². The smallest absolute Gasteiger partial charge is 0.282 e. The van der Waals surface area contributed by atoms with Crippen LogP contribution in [0.1, 0.15) is 31.5 Å².